The Bertz CT molecular complexity index is 956. The van der Waals surface area contributed by atoms with E-state index in [0.29, 0.717) is 10.7 Å². The quantitative estimate of drug-likeness (QED) is 0.636. The van der Waals surface area contributed by atoms with Gasteiger partial charge in [0.2, 0.25) is 0 Å². The van der Waals surface area contributed by atoms with Crippen molar-refractivity contribution in [3.05, 3.63) is 63.8 Å². The van der Waals surface area contributed by atoms with Gasteiger partial charge in [-0.1, -0.05) is 30.7 Å². The second kappa shape index (κ2) is 6.93. The Labute approximate surface area is 153 Å². The lowest BCUT2D eigenvalue weighted by Crippen LogP contribution is -2.18. The fourth-order valence-corrected chi connectivity index (χ4v) is 3.51. The number of nitrogens with zero attached hydrogens (tertiary/aromatic N) is 1. The first-order chi connectivity index (χ1) is 12.0. The van der Waals surface area contributed by atoms with Crippen LogP contribution in [0, 0.1) is 13.8 Å². The van der Waals surface area contributed by atoms with Crippen LogP contribution in [0.15, 0.2) is 36.4 Å². The molecule has 25 heavy (non-hydrogen) atoms. The van der Waals surface area contributed by atoms with Crippen molar-refractivity contribution in [1.29, 1.82) is 0 Å². The molecule has 0 fully saturated rings. The van der Waals surface area contributed by atoms with E-state index in [1.807, 2.05) is 32.0 Å². The van der Waals surface area contributed by atoms with Gasteiger partial charge >= 0.3 is 0 Å². The van der Waals surface area contributed by atoms with Gasteiger partial charge in [0.05, 0.1) is 0 Å². The van der Waals surface area contributed by atoms with E-state index < -0.39 is 0 Å². The highest BCUT2D eigenvalue weighted by Crippen LogP contribution is 2.29. The zero-order chi connectivity index (χ0) is 18.1. The number of aryl methyl sites for hydroxylation is 3. The van der Waals surface area contributed by atoms with Crippen molar-refractivity contribution in [3.8, 4) is 0 Å². The molecule has 0 radical (unpaired) electrons. The Kier molecular flexibility index (Phi) is 4.87. The summed E-state index contributed by atoms with van der Waals surface area (Å²) in [6, 6.07) is 12.0. The molecular weight excluding hydrogens is 332 g/mol. The summed E-state index contributed by atoms with van der Waals surface area (Å²) in [5.74, 6) is -0.0982. The number of hydrogen-bond donors (Lipinski definition) is 1. The molecule has 1 heterocycles. The van der Waals surface area contributed by atoms with Gasteiger partial charge in [-0.05, 0) is 68.1 Å². The highest BCUT2D eigenvalue weighted by molar-refractivity contribution is 6.31. The van der Waals surface area contributed by atoms with Crippen LogP contribution in [0.4, 0.5) is 5.69 Å². The van der Waals surface area contributed by atoms with Crippen LogP contribution >= 0.6 is 11.6 Å². The molecule has 3 rings (SSSR count). The summed E-state index contributed by atoms with van der Waals surface area (Å²) < 4.78 is 2.08. The molecule has 0 unspecified atom stereocenters. The number of hydrogen-bond acceptors (Lipinski definition) is 1. The van der Waals surface area contributed by atoms with Crippen molar-refractivity contribution in [2.45, 2.75) is 40.7 Å². The van der Waals surface area contributed by atoms with Crippen molar-refractivity contribution in [2.75, 3.05) is 5.32 Å². The van der Waals surface area contributed by atoms with Crippen LogP contribution in [-0.2, 0) is 13.0 Å². The monoisotopic (exact) mass is 354 g/mol. The van der Waals surface area contributed by atoms with Crippen LogP contribution < -0.4 is 5.32 Å². The molecule has 0 aliphatic rings. The van der Waals surface area contributed by atoms with E-state index in [9.17, 15) is 4.79 Å². The lowest BCUT2D eigenvalue weighted by molar-refractivity contribution is 0.101. The molecule has 0 bridgehead atoms. The number of carbonyl (C=O) groups is 1. The van der Waals surface area contributed by atoms with E-state index in [-0.39, 0.29) is 5.91 Å². The highest BCUT2D eigenvalue weighted by Gasteiger charge is 2.20. The first-order valence-electron chi connectivity index (χ1n) is 8.66. The van der Waals surface area contributed by atoms with Gasteiger partial charge in [0.25, 0.3) is 5.91 Å². The lowest BCUT2D eigenvalue weighted by Gasteiger charge is -2.12. The minimum absolute atomic E-state index is 0.0982. The summed E-state index contributed by atoms with van der Waals surface area (Å²) >= 11 is 6.17. The van der Waals surface area contributed by atoms with Crippen LogP contribution in [0.2, 0.25) is 5.02 Å². The van der Waals surface area contributed by atoms with E-state index in [1.54, 1.807) is 0 Å². The van der Waals surface area contributed by atoms with Crippen LogP contribution in [-0.4, -0.2) is 10.5 Å². The van der Waals surface area contributed by atoms with Crippen LogP contribution in [0.1, 0.15) is 41.0 Å². The van der Waals surface area contributed by atoms with E-state index in [0.717, 1.165) is 40.7 Å². The van der Waals surface area contributed by atoms with Gasteiger partial charge in [-0.2, -0.15) is 0 Å². The predicted octanol–water partition coefficient (Wildman–Crippen LogP) is 5.75. The summed E-state index contributed by atoms with van der Waals surface area (Å²) in [5.41, 5.74) is 5.74. The largest absolute Gasteiger partial charge is 0.337 e. The molecule has 3 aromatic rings. The van der Waals surface area contributed by atoms with Crippen LogP contribution in [0.3, 0.4) is 0 Å². The fourth-order valence-electron chi connectivity index (χ4n) is 3.34. The molecule has 0 atom stereocenters. The van der Waals surface area contributed by atoms with Crippen molar-refractivity contribution in [2.24, 2.45) is 0 Å². The maximum atomic E-state index is 13.0. The molecule has 130 valence electrons. The minimum Gasteiger partial charge on any atom is -0.337 e. The lowest BCUT2D eigenvalue weighted by atomic mass is 10.1. The summed E-state index contributed by atoms with van der Waals surface area (Å²) in [7, 11) is 0. The number of anilines is 1. The Morgan fingerprint density at radius 3 is 2.56 bits per heavy atom. The van der Waals surface area contributed by atoms with Gasteiger partial charge in [-0.3, -0.25) is 4.79 Å². The average molecular weight is 355 g/mol. The minimum atomic E-state index is -0.0982. The second-order valence-corrected chi connectivity index (χ2v) is 6.70. The van der Waals surface area contributed by atoms with Gasteiger partial charge < -0.3 is 9.88 Å². The Morgan fingerprint density at radius 1 is 1.12 bits per heavy atom. The number of fused-ring (bicyclic) bond motifs is 1. The molecule has 3 nitrogen and oxygen atoms in total. The van der Waals surface area contributed by atoms with E-state index in [1.165, 1.54) is 5.56 Å². The third-order valence-corrected chi connectivity index (χ3v) is 5.25. The number of aromatic nitrogens is 1. The fraction of sp³-hybridized carbons (Fsp3) is 0.286. The Balaban J connectivity index is 2.09. The molecule has 0 spiro atoms. The van der Waals surface area contributed by atoms with Crippen molar-refractivity contribution in [1.82, 2.24) is 4.57 Å². The molecule has 0 aliphatic carbocycles. The predicted molar refractivity (Wildman–Crippen MR) is 106 cm³/mol. The molecule has 0 saturated heterocycles. The first kappa shape index (κ1) is 17.6. The van der Waals surface area contributed by atoms with Gasteiger partial charge in [-0.25, -0.2) is 0 Å². The SMILES string of the molecule is CCc1ccc2c(c1)c(C)c(C(=O)Nc1cccc(Cl)c1C)n2CC. The normalized spacial score (nSPS) is 11.1. The summed E-state index contributed by atoms with van der Waals surface area (Å²) in [6.45, 7) is 8.88. The van der Waals surface area contributed by atoms with Gasteiger partial charge in [0, 0.05) is 28.2 Å². The maximum Gasteiger partial charge on any atom is 0.272 e. The third kappa shape index (κ3) is 3.05. The molecule has 4 heteroatoms. The van der Waals surface area contributed by atoms with Crippen molar-refractivity contribution < 1.29 is 4.79 Å². The molecule has 1 N–H and O–H groups in total. The first-order valence-corrected chi connectivity index (χ1v) is 9.03. The molecule has 0 saturated carbocycles. The second-order valence-electron chi connectivity index (χ2n) is 6.29. The third-order valence-electron chi connectivity index (χ3n) is 4.84. The van der Waals surface area contributed by atoms with Crippen molar-refractivity contribution in [3.63, 3.8) is 0 Å². The molecule has 1 aromatic heterocycles. The highest BCUT2D eigenvalue weighted by atomic mass is 35.5. The summed E-state index contributed by atoms with van der Waals surface area (Å²) in [5, 5.41) is 4.83. The number of amides is 1. The smallest absolute Gasteiger partial charge is 0.272 e. The number of carbonyl (C=O) groups excluding carboxylic acids is 1. The number of rotatable bonds is 4. The Morgan fingerprint density at radius 2 is 1.88 bits per heavy atom. The molecule has 0 aliphatic heterocycles. The topological polar surface area (TPSA) is 34.0 Å². The molecule has 2 aromatic carbocycles. The van der Waals surface area contributed by atoms with Gasteiger partial charge in [0.15, 0.2) is 0 Å². The number of benzene rings is 2. The van der Waals surface area contributed by atoms with Gasteiger partial charge in [-0.15, -0.1) is 0 Å². The number of halogens is 1. The average Bonchev–Trinajstić information content (AvgIpc) is 2.90. The standard InChI is InChI=1S/C21H23ClN2O/c1-5-15-10-11-19-16(12-15)13(3)20(24(19)6-2)21(25)23-18-9-7-8-17(22)14(18)4/h7-12H,5-6H2,1-4H3,(H,23,25). The van der Waals surface area contributed by atoms with E-state index in [4.69, 9.17) is 11.6 Å². The summed E-state index contributed by atoms with van der Waals surface area (Å²) in [6.07, 6.45) is 0.982. The van der Waals surface area contributed by atoms with E-state index >= 15 is 0 Å². The molecule has 1 amide bonds. The van der Waals surface area contributed by atoms with Gasteiger partial charge in [0.1, 0.15) is 5.69 Å². The van der Waals surface area contributed by atoms with Crippen LogP contribution in [0.25, 0.3) is 10.9 Å². The summed E-state index contributed by atoms with van der Waals surface area (Å²) in [4.78, 5) is 13.0. The zero-order valence-corrected chi connectivity index (χ0v) is 15.9. The molecular formula is C21H23ClN2O. The Hall–Kier alpha value is -2.26. The van der Waals surface area contributed by atoms with E-state index in [2.05, 4.69) is 41.9 Å². The zero-order valence-electron chi connectivity index (χ0n) is 15.1. The maximum absolute atomic E-state index is 13.0. The number of nitrogens with one attached hydrogen (secondary N) is 1. The van der Waals surface area contributed by atoms with Crippen molar-refractivity contribution >= 4 is 34.1 Å². The van der Waals surface area contributed by atoms with Crippen LogP contribution in [0.5, 0.6) is 0 Å².